The Morgan fingerprint density at radius 2 is 2.15 bits per heavy atom. The Bertz CT molecular complexity index is 890. The van der Waals surface area contributed by atoms with Gasteiger partial charge in [0.2, 0.25) is 0 Å². The largest absolute Gasteiger partial charge is 0.370 e. The van der Waals surface area contributed by atoms with Crippen LogP contribution in [0.2, 0.25) is 0 Å². The SMILES string of the molecule is Cc1cccc2[nH]cc(CCN=C(N)N3CCN(c4nccs4)CC3)c12. The standard InChI is InChI=1S/C19H24N6S/c1-14-3-2-4-16-17(14)15(13-23-16)5-6-21-18(20)24-8-10-25(11-9-24)19-22-7-12-26-19/h2-4,7,12-13,23H,5-6,8-11H2,1H3,(H2,20,21). The van der Waals surface area contributed by atoms with Gasteiger partial charge in [-0.05, 0) is 30.5 Å². The molecule has 0 bridgehead atoms. The molecule has 1 aromatic carbocycles. The number of hydrogen-bond donors (Lipinski definition) is 2. The summed E-state index contributed by atoms with van der Waals surface area (Å²) in [7, 11) is 0. The fraction of sp³-hybridized carbons (Fsp3) is 0.368. The van der Waals surface area contributed by atoms with Crippen molar-refractivity contribution in [2.75, 3.05) is 37.6 Å². The highest BCUT2D eigenvalue weighted by molar-refractivity contribution is 7.13. The zero-order valence-electron chi connectivity index (χ0n) is 15.0. The molecule has 3 N–H and O–H groups in total. The topological polar surface area (TPSA) is 73.5 Å². The molecular weight excluding hydrogens is 344 g/mol. The van der Waals surface area contributed by atoms with Gasteiger partial charge in [-0.25, -0.2) is 4.98 Å². The number of aliphatic imine (C=N–C) groups is 1. The first-order valence-corrected chi connectivity index (χ1v) is 9.85. The van der Waals surface area contributed by atoms with E-state index in [9.17, 15) is 0 Å². The van der Waals surface area contributed by atoms with Crippen molar-refractivity contribution in [3.8, 4) is 0 Å². The Morgan fingerprint density at radius 1 is 1.31 bits per heavy atom. The number of H-pyrrole nitrogens is 1. The summed E-state index contributed by atoms with van der Waals surface area (Å²) >= 11 is 1.69. The van der Waals surface area contributed by atoms with E-state index in [4.69, 9.17) is 5.73 Å². The van der Waals surface area contributed by atoms with Crippen LogP contribution in [0.3, 0.4) is 0 Å². The number of benzene rings is 1. The summed E-state index contributed by atoms with van der Waals surface area (Å²) in [5.41, 5.74) is 10.0. The number of thiazole rings is 1. The third kappa shape index (κ3) is 3.39. The van der Waals surface area contributed by atoms with E-state index < -0.39 is 0 Å². The van der Waals surface area contributed by atoms with Gasteiger partial charge < -0.3 is 20.5 Å². The minimum Gasteiger partial charge on any atom is -0.370 e. The van der Waals surface area contributed by atoms with Gasteiger partial charge in [0.15, 0.2) is 11.1 Å². The Hall–Kier alpha value is -2.54. The van der Waals surface area contributed by atoms with Crippen LogP contribution in [0, 0.1) is 6.92 Å². The van der Waals surface area contributed by atoms with E-state index in [0.29, 0.717) is 12.5 Å². The van der Waals surface area contributed by atoms with E-state index in [-0.39, 0.29) is 0 Å². The summed E-state index contributed by atoms with van der Waals surface area (Å²) in [6.07, 6.45) is 4.84. The summed E-state index contributed by atoms with van der Waals surface area (Å²) in [4.78, 5) is 16.8. The smallest absolute Gasteiger partial charge is 0.191 e. The Balaban J connectivity index is 1.34. The van der Waals surface area contributed by atoms with Crippen LogP contribution >= 0.6 is 11.3 Å². The van der Waals surface area contributed by atoms with Gasteiger partial charge in [0, 0.05) is 61.4 Å². The molecule has 1 fully saturated rings. The molecule has 6 nitrogen and oxygen atoms in total. The number of nitrogens with one attached hydrogen (secondary N) is 1. The van der Waals surface area contributed by atoms with Crippen LogP contribution in [-0.4, -0.2) is 53.6 Å². The van der Waals surface area contributed by atoms with E-state index >= 15 is 0 Å². The van der Waals surface area contributed by atoms with Crippen LogP contribution < -0.4 is 10.6 Å². The van der Waals surface area contributed by atoms with Gasteiger partial charge in [0.1, 0.15) is 0 Å². The molecule has 1 aliphatic heterocycles. The van der Waals surface area contributed by atoms with Crippen molar-refractivity contribution >= 4 is 33.3 Å². The van der Waals surface area contributed by atoms with Gasteiger partial charge in [0.25, 0.3) is 0 Å². The average molecular weight is 369 g/mol. The minimum atomic E-state index is 0.653. The van der Waals surface area contributed by atoms with Crippen LogP contribution in [-0.2, 0) is 6.42 Å². The second-order valence-corrected chi connectivity index (χ2v) is 7.46. The number of aromatic nitrogens is 2. The third-order valence-electron chi connectivity index (χ3n) is 4.94. The number of guanidine groups is 1. The van der Waals surface area contributed by atoms with Crippen molar-refractivity contribution in [2.45, 2.75) is 13.3 Å². The van der Waals surface area contributed by atoms with Gasteiger partial charge >= 0.3 is 0 Å². The molecule has 0 spiro atoms. The molecule has 1 saturated heterocycles. The van der Waals surface area contributed by atoms with Crippen LogP contribution in [0.25, 0.3) is 10.9 Å². The third-order valence-corrected chi connectivity index (χ3v) is 5.78. The normalized spacial score (nSPS) is 15.8. The Labute approximate surface area is 157 Å². The Kier molecular flexibility index (Phi) is 4.79. The molecule has 136 valence electrons. The van der Waals surface area contributed by atoms with Crippen LogP contribution in [0.5, 0.6) is 0 Å². The second-order valence-electron chi connectivity index (χ2n) is 6.59. The number of nitrogens with zero attached hydrogens (tertiary/aromatic N) is 4. The van der Waals surface area contributed by atoms with Crippen molar-refractivity contribution in [2.24, 2.45) is 10.7 Å². The zero-order valence-corrected chi connectivity index (χ0v) is 15.8. The van der Waals surface area contributed by atoms with E-state index in [0.717, 1.165) is 37.7 Å². The molecule has 0 aliphatic carbocycles. The molecule has 0 unspecified atom stereocenters. The van der Waals surface area contributed by atoms with Gasteiger partial charge in [-0.15, -0.1) is 11.3 Å². The lowest BCUT2D eigenvalue weighted by atomic mass is 10.1. The number of hydrogen-bond acceptors (Lipinski definition) is 4. The van der Waals surface area contributed by atoms with Crippen molar-refractivity contribution in [1.82, 2.24) is 14.9 Å². The first-order chi connectivity index (χ1) is 12.7. The number of fused-ring (bicyclic) bond motifs is 1. The number of rotatable bonds is 4. The van der Waals surface area contributed by atoms with Gasteiger partial charge in [-0.1, -0.05) is 12.1 Å². The van der Waals surface area contributed by atoms with E-state index in [2.05, 4.69) is 56.1 Å². The summed E-state index contributed by atoms with van der Waals surface area (Å²) < 4.78 is 0. The maximum absolute atomic E-state index is 6.23. The molecule has 0 atom stereocenters. The van der Waals surface area contributed by atoms with E-state index in [1.807, 2.05) is 11.6 Å². The van der Waals surface area contributed by atoms with Crippen LogP contribution in [0.4, 0.5) is 5.13 Å². The summed E-state index contributed by atoms with van der Waals surface area (Å²) in [6.45, 7) is 6.51. The first kappa shape index (κ1) is 16.9. The minimum absolute atomic E-state index is 0.653. The van der Waals surface area contributed by atoms with Crippen molar-refractivity contribution in [3.05, 3.63) is 47.1 Å². The summed E-state index contributed by atoms with van der Waals surface area (Å²) in [5, 5.41) is 4.43. The summed E-state index contributed by atoms with van der Waals surface area (Å²) in [6, 6.07) is 6.35. The number of aryl methyl sites for hydroxylation is 1. The number of piperazine rings is 1. The van der Waals surface area contributed by atoms with E-state index in [1.165, 1.54) is 22.0 Å². The first-order valence-electron chi connectivity index (χ1n) is 8.97. The molecule has 0 saturated carbocycles. The maximum atomic E-state index is 6.23. The van der Waals surface area contributed by atoms with Gasteiger partial charge in [0.05, 0.1) is 0 Å². The predicted molar refractivity (Wildman–Crippen MR) is 109 cm³/mol. The quantitative estimate of drug-likeness (QED) is 0.548. The van der Waals surface area contributed by atoms with E-state index in [1.54, 1.807) is 11.3 Å². The van der Waals surface area contributed by atoms with Crippen LogP contribution in [0.1, 0.15) is 11.1 Å². The second kappa shape index (κ2) is 7.37. The maximum Gasteiger partial charge on any atom is 0.191 e. The van der Waals surface area contributed by atoms with Crippen molar-refractivity contribution in [1.29, 1.82) is 0 Å². The van der Waals surface area contributed by atoms with Gasteiger partial charge in [-0.3, -0.25) is 4.99 Å². The molecule has 1 aliphatic rings. The molecule has 7 heteroatoms. The lowest BCUT2D eigenvalue weighted by Crippen LogP contribution is -2.51. The summed E-state index contributed by atoms with van der Waals surface area (Å²) in [5.74, 6) is 0.653. The lowest BCUT2D eigenvalue weighted by molar-refractivity contribution is 0.380. The van der Waals surface area contributed by atoms with Crippen molar-refractivity contribution in [3.63, 3.8) is 0 Å². The fourth-order valence-electron chi connectivity index (χ4n) is 3.54. The fourth-order valence-corrected chi connectivity index (χ4v) is 4.24. The monoisotopic (exact) mass is 368 g/mol. The molecular formula is C19H24N6S. The molecule has 4 rings (SSSR count). The molecule has 3 aromatic rings. The number of aromatic amines is 1. The van der Waals surface area contributed by atoms with Crippen LogP contribution in [0.15, 0.2) is 41.0 Å². The number of nitrogens with two attached hydrogens (primary N) is 1. The molecule has 0 amide bonds. The Morgan fingerprint density at radius 3 is 2.92 bits per heavy atom. The zero-order chi connectivity index (χ0) is 17.9. The highest BCUT2D eigenvalue weighted by Gasteiger charge is 2.19. The average Bonchev–Trinajstić information content (AvgIpc) is 3.33. The molecule has 26 heavy (non-hydrogen) atoms. The molecule has 3 heterocycles. The van der Waals surface area contributed by atoms with Crippen molar-refractivity contribution < 1.29 is 0 Å². The molecule has 2 aromatic heterocycles. The lowest BCUT2D eigenvalue weighted by Gasteiger charge is -2.35. The highest BCUT2D eigenvalue weighted by atomic mass is 32.1. The predicted octanol–water partition coefficient (Wildman–Crippen LogP) is 2.61. The number of anilines is 1. The van der Waals surface area contributed by atoms with Gasteiger partial charge in [-0.2, -0.15) is 0 Å². The molecule has 0 radical (unpaired) electrons. The highest BCUT2D eigenvalue weighted by Crippen LogP contribution is 2.22.